The Bertz CT molecular complexity index is 1540. The lowest BCUT2D eigenvalue weighted by molar-refractivity contribution is -0.274. The summed E-state index contributed by atoms with van der Waals surface area (Å²) < 4.78 is 52.9. The van der Waals surface area contributed by atoms with Crippen LogP contribution in [0.3, 0.4) is 0 Å². The number of nitrogens with zero attached hydrogens (tertiary/aromatic N) is 3. The number of rotatable bonds is 13. The first-order valence-corrected chi connectivity index (χ1v) is 12.4. The summed E-state index contributed by atoms with van der Waals surface area (Å²) in [5, 5.41) is 14.6. The van der Waals surface area contributed by atoms with Crippen LogP contribution in [0, 0.1) is 11.3 Å². The number of unbranched alkanes of at least 4 members (excludes halogenated alkanes) is 1. The maximum absolute atomic E-state index is 12.5. The number of primary amides is 1. The fraction of sp³-hybridized carbons (Fsp3) is 0.286. The molecule has 3 N–H and O–H groups in total. The van der Waals surface area contributed by atoms with Crippen LogP contribution in [-0.4, -0.2) is 48.6 Å². The van der Waals surface area contributed by atoms with Gasteiger partial charge >= 0.3 is 6.36 Å². The van der Waals surface area contributed by atoms with Crippen molar-refractivity contribution >= 4 is 27.6 Å². The molecule has 0 aliphatic carbocycles. The maximum Gasteiger partial charge on any atom is 0.573 e. The Balaban J connectivity index is 1.19. The van der Waals surface area contributed by atoms with Crippen molar-refractivity contribution in [2.45, 2.75) is 25.7 Å². The Morgan fingerprint density at radius 1 is 1.02 bits per heavy atom. The lowest BCUT2D eigenvalue weighted by Gasteiger charge is -2.12. The topological polar surface area (TPSA) is 132 Å². The summed E-state index contributed by atoms with van der Waals surface area (Å²) in [5.74, 6) is -0.555. The summed E-state index contributed by atoms with van der Waals surface area (Å²) in [6, 6.07) is 12.5. The zero-order chi connectivity index (χ0) is 28.5. The number of hydrogen-bond acceptors (Lipinski definition) is 8. The molecule has 1 amide bonds. The fourth-order valence-electron chi connectivity index (χ4n) is 4.09. The standard InChI is InChI=1S/C28H26F3N5O4/c29-28(30,31)40-21-12-18(15-32)11-19(13-21)16-34-6-1-2-8-38-9-10-39-27-23-5-7-35-17-24(23)22-4-3-20(26(33)37)14-25(22)36-27/h3-5,7,11-14,17,34H,1-2,6,8-10,16H2,(H2,33,37). The van der Waals surface area contributed by atoms with Gasteiger partial charge in [0.25, 0.3) is 0 Å². The Morgan fingerprint density at radius 3 is 2.65 bits per heavy atom. The van der Waals surface area contributed by atoms with Crippen molar-refractivity contribution in [3.63, 3.8) is 0 Å². The first-order valence-electron chi connectivity index (χ1n) is 12.4. The predicted octanol–water partition coefficient (Wildman–Crippen LogP) is 4.62. The molecule has 0 saturated carbocycles. The number of hydrogen-bond donors (Lipinski definition) is 2. The molecule has 0 spiro atoms. The first kappa shape index (κ1) is 28.5. The van der Waals surface area contributed by atoms with Crippen molar-refractivity contribution in [3.8, 4) is 17.7 Å². The second-order valence-electron chi connectivity index (χ2n) is 8.80. The van der Waals surface area contributed by atoms with Gasteiger partial charge in [-0.1, -0.05) is 6.07 Å². The molecule has 2 aromatic heterocycles. The van der Waals surface area contributed by atoms with Gasteiger partial charge < -0.3 is 25.3 Å². The molecule has 12 heteroatoms. The summed E-state index contributed by atoms with van der Waals surface area (Å²) in [7, 11) is 0. The molecular weight excluding hydrogens is 527 g/mol. The summed E-state index contributed by atoms with van der Waals surface area (Å²) in [5.41, 5.74) is 6.93. The van der Waals surface area contributed by atoms with Crippen molar-refractivity contribution in [1.82, 2.24) is 15.3 Å². The largest absolute Gasteiger partial charge is 0.573 e. The van der Waals surface area contributed by atoms with Gasteiger partial charge in [0.1, 0.15) is 12.4 Å². The van der Waals surface area contributed by atoms with Crippen molar-refractivity contribution in [1.29, 1.82) is 5.26 Å². The minimum Gasteiger partial charge on any atom is -0.475 e. The second-order valence-corrected chi connectivity index (χ2v) is 8.80. The van der Waals surface area contributed by atoms with E-state index in [0.29, 0.717) is 48.8 Å². The molecular formula is C28H26F3N5O4. The van der Waals surface area contributed by atoms with Gasteiger partial charge in [-0.15, -0.1) is 13.2 Å². The van der Waals surface area contributed by atoms with Gasteiger partial charge in [-0.25, -0.2) is 4.98 Å². The minimum absolute atomic E-state index is 0.0909. The lowest BCUT2D eigenvalue weighted by Crippen LogP contribution is -2.18. The zero-order valence-corrected chi connectivity index (χ0v) is 21.3. The van der Waals surface area contributed by atoms with E-state index in [9.17, 15) is 18.0 Å². The molecule has 0 aliphatic heterocycles. The number of nitriles is 1. The van der Waals surface area contributed by atoms with Crippen molar-refractivity contribution in [3.05, 3.63) is 71.5 Å². The molecule has 2 aromatic carbocycles. The molecule has 0 unspecified atom stereocenters. The van der Waals surface area contributed by atoms with Crippen LogP contribution in [0.25, 0.3) is 21.7 Å². The third-order valence-electron chi connectivity index (χ3n) is 5.86. The van der Waals surface area contributed by atoms with E-state index in [-0.39, 0.29) is 12.2 Å². The van der Waals surface area contributed by atoms with Gasteiger partial charge in [0.15, 0.2) is 0 Å². The third kappa shape index (κ3) is 7.78. The Morgan fingerprint density at radius 2 is 1.88 bits per heavy atom. The number of carbonyl (C=O) groups is 1. The van der Waals surface area contributed by atoms with Crippen LogP contribution in [0.4, 0.5) is 13.2 Å². The second kappa shape index (κ2) is 13.1. The molecule has 0 saturated heterocycles. The number of nitrogens with two attached hydrogens (primary N) is 1. The SMILES string of the molecule is N#Cc1cc(CNCCCCOCCOc2nc3cc(C(N)=O)ccc3c3cnccc23)cc(OC(F)(F)F)c1. The molecule has 2 heterocycles. The monoisotopic (exact) mass is 553 g/mol. The number of fused-ring (bicyclic) bond motifs is 3. The molecule has 9 nitrogen and oxygen atoms in total. The molecule has 0 aliphatic rings. The van der Waals surface area contributed by atoms with Crippen LogP contribution in [0.1, 0.15) is 34.3 Å². The van der Waals surface area contributed by atoms with E-state index < -0.39 is 18.0 Å². The van der Waals surface area contributed by atoms with E-state index in [4.69, 9.17) is 20.5 Å². The van der Waals surface area contributed by atoms with E-state index in [2.05, 4.69) is 20.0 Å². The number of aromatic nitrogens is 2. The quantitative estimate of drug-likeness (QED) is 0.181. The number of ether oxygens (including phenoxy) is 3. The molecule has 208 valence electrons. The highest BCUT2D eigenvalue weighted by atomic mass is 19.4. The fourth-order valence-corrected chi connectivity index (χ4v) is 4.09. The molecule has 0 atom stereocenters. The summed E-state index contributed by atoms with van der Waals surface area (Å²) in [6.07, 6.45) is 0.0804. The highest BCUT2D eigenvalue weighted by Crippen LogP contribution is 2.30. The van der Waals surface area contributed by atoms with E-state index in [1.54, 1.807) is 30.6 Å². The Hall–Kier alpha value is -4.47. The molecule has 0 fully saturated rings. The van der Waals surface area contributed by atoms with E-state index in [1.165, 1.54) is 12.1 Å². The van der Waals surface area contributed by atoms with Crippen LogP contribution in [0.15, 0.2) is 54.9 Å². The van der Waals surface area contributed by atoms with E-state index >= 15 is 0 Å². The summed E-state index contributed by atoms with van der Waals surface area (Å²) in [6.45, 7) is 2.00. The van der Waals surface area contributed by atoms with Gasteiger partial charge in [-0.2, -0.15) is 5.26 Å². The average molecular weight is 554 g/mol. The van der Waals surface area contributed by atoms with Gasteiger partial charge in [-0.05, 0) is 61.3 Å². The van der Waals surface area contributed by atoms with Gasteiger partial charge in [0, 0.05) is 47.3 Å². The van der Waals surface area contributed by atoms with Crippen molar-refractivity contribution in [2.75, 3.05) is 26.4 Å². The number of pyridine rings is 2. The molecule has 4 rings (SSSR count). The Kier molecular flexibility index (Phi) is 9.31. The molecule has 0 radical (unpaired) electrons. The number of benzene rings is 2. The minimum atomic E-state index is -4.82. The normalized spacial score (nSPS) is 11.4. The van der Waals surface area contributed by atoms with E-state index in [0.717, 1.165) is 35.1 Å². The van der Waals surface area contributed by atoms with Crippen molar-refractivity contribution < 1.29 is 32.2 Å². The highest BCUT2D eigenvalue weighted by molar-refractivity contribution is 6.09. The summed E-state index contributed by atoms with van der Waals surface area (Å²) >= 11 is 0. The number of carbonyl (C=O) groups excluding carboxylic acids is 1. The van der Waals surface area contributed by atoms with Gasteiger partial charge in [0.2, 0.25) is 11.8 Å². The van der Waals surface area contributed by atoms with Gasteiger partial charge in [0.05, 0.1) is 23.8 Å². The predicted molar refractivity (Wildman–Crippen MR) is 141 cm³/mol. The Labute approximate surface area is 227 Å². The average Bonchev–Trinajstić information content (AvgIpc) is 2.92. The number of amides is 1. The number of alkyl halides is 3. The number of halogens is 3. The first-order chi connectivity index (χ1) is 19.2. The van der Waals surface area contributed by atoms with Crippen LogP contribution in [-0.2, 0) is 11.3 Å². The smallest absolute Gasteiger partial charge is 0.475 e. The lowest BCUT2D eigenvalue weighted by atomic mass is 10.1. The third-order valence-corrected chi connectivity index (χ3v) is 5.86. The number of nitrogens with one attached hydrogen (secondary N) is 1. The molecule has 0 bridgehead atoms. The van der Waals surface area contributed by atoms with Crippen LogP contribution in [0.5, 0.6) is 11.6 Å². The van der Waals surface area contributed by atoms with Gasteiger partial charge in [-0.3, -0.25) is 9.78 Å². The van der Waals surface area contributed by atoms with E-state index in [1.807, 2.05) is 12.1 Å². The molecule has 40 heavy (non-hydrogen) atoms. The van der Waals surface area contributed by atoms with Crippen LogP contribution < -0.4 is 20.5 Å². The highest BCUT2D eigenvalue weighted by Gasteiger charge is 2.31. The maximum atomic E-state index is 12.5. The summed E-state index contributed by atoms with van der Waals surface area (Å²) in [4.78, 5) is 20.3. The van der Waals surface area contributed by atoms with Crippen molar-refractivity contribution in [2.24, 2.45) is 5.73 Å². The van der Waals surface area contributed by atoms with Crippen LogP contribution in [0.2, 0.25) is 0 Å². The zero-order valence-electron chi connectivity index (χ0n) is 21.3. The molecule has 4 aromatic rings. The van der Waals surface area contributed by atoms with Crippen LogP contribution >= 0.6 is 0 Å².